The molecule has 1 aromatic heterocycles. The van der Waals surface area contributed by atoms with Crippen LogP contribution in [0.4, 0.5) is 0 Å². The maximum absolute atomic E-state index is 11.8. The second kappa shape index (κ2) is 6.03. The van der Waals surface area contributed by atoms with E-state index in [9.17, 15) is 14.4 Å². The van der Waals surface area contributed by atoms with Crippen LogP contribution in [0.25, 0.3) is 0 Å². The molecule has 0 radical (unpaired) electrons. The zero-order chi connectivity index (χ0) is 14.5. The molecule has 0 fully saturated rings. The Bertz CT molecular complexity index is 712. The number of carbonyl (C=O) groups excluding carboxylic acids is 2. The Kier molecular flexibility index (Phi) is 4.17. The van der Waals surface area contributed by atoms with Crippen molar-refractivity contribution in [3.05, 3.63) is 69.1 Å². The van der Waals surface area contributed by atoms with Crippen LogP contribution in [0.1, 0.15) is 20.7 Å². The van der Waals surface area contributed by atoms with Crippen LogP contribution in [-0.2, 0) is 0 Å². The van der Waals surface area contributed by atoms with Gasteiger partial charge in [0.2, 0.25) is 0 Å². The van der Waals surface area contributed by atoms with Gasteiger partial charge in [0, 0.05) is 6.20 Å². The first-order valence-corrected chi connectivity index (χ1v) is 6.00. The quantitative estimate of drug-likeness (QED) is 0.724. The van der Waals surface area contributed by atoms with Gasteiger partial charge in [-0.15, -0.1) is 0 Å². The van der Waals surface area contributed by atoms with Crippen molar-refractivity contribution in [1.29, 1.82) is 0 Å². The van der Waals surface area contributed by atoms with E-state index in [0.29, 0.717) is 0 Å². The van der Waals surface area contributed by atoms with E-state index in [4.69, 9.17) is 11.6 Å². The summed E-state index contributed by atoms with van der Waals surface area (Å²) in [7, 11) is 0. The molecule has 20 heavy (non-hydrogen) atoms. The van der Waals surface area contributed by atoms with Crippen LogP contribution >= 0.6 is 11.6 Å². The molecule has 0 unspecified atom stereocenters. The van der Waals surface area contributed by atoms with Crippen molar-refractivity contribution in [3.63, 3.8) is 0 Å². The van der Waals surface area contributed by atoms with Gasteiger partial charge in [0.1, 0.15) is 5.56 Å². The number of pyridine rings is 1. The Morgan fingerprint density at radius 3 is 2.20 bits per heavy atom. The first-order chi connectivity index (χ1) is 9.59. The summed E-state index contributed by atoms with van der Waals surface area (Å²) in [6.07, 6.45) is 1.40. The topological polar surface area (TPSA) is 91.1 Å². The van der Waals surface area contributed by atoms with Crippen molar-refractivity contribution in [2.75, 3.05) is 0 Å². The fourth-order valence-electron chi connectivity index (χ4n) is 1.49. The third kappa shape index (κ3) is 3.04. The van der Waals surface area contributed by atoms with E-state index in [0.717, 1.165) is 0 Å². The molecule has 0 aliphatic rings. The Labute approximate surface area is 118 Å². The van der Waals surface area contributed by atoms with Crippen molar-refractivity contribution in [1.82, 2.24) is 15.8 Å². The monoisotopic (exact) mass is 291 g/mol. The molecule has 2 amide bonds. The lowest BCUT2D eigenvalue weighted by atomic mass is 10.2. The molecule has 0 aliphatic carbocycles. The summed E-state index contributed by atoms with van der Waals surface area (Å²) in [4.78, 5) is 37.2. The van der Waals surface area contributed by atoms with E-state index in [-0.39, 0.29) is 16.1 Å². The van der Waals surface area contributed by atoms with Crippen LogP contribution in [-0.4, -0.2) is 16.8 Å². The van der Waals surface area contributed by atoms with Gasteiger partial charge in [-0.25, -0.2) is 0 Å². The van der Waals surface area contributed by atoms with Crippen LogP contribution in [0.3, 0.4) is 0 Å². The van der Waals surface area contributed by atoms with Crippen molar-refractivity contribution in [3.8, 4) is 0 Å². The minimum absolute atomic E-state index is 0.105. The fourth-order valence-corrected chi connectivity index (χ4v) is 1.72. The molecule has 0 atom stereocenters. The molecule has 2 rings (SSSR count). The Morgan fingerprint density at radius 2 is 1.55 bits per heavy atom. The number of aromatic nitrogens is 1. The van der Waals surface area contributed by atoms with E-state index < -0.39 is 17.4 Å². The highest BCUT2D eigenvalue weighted by molar-refractivity contribution is 6.33. The van der Waals surface area contributed by atoms with Crippen molar-refractivity contribution < 1.29 is 9.59 Å². The summed E-state index contributed by atoms with van der Waals surface area (Å²) < 4.78 is 0. The van der Waals surface area contributed by atoms with Gasteiger partial charge >= 0.3 is 0 Å². The molecule has 1 heterocycles. The Balaban J connectivity index is 2.05. The zero-order valence-electron chi connectivity index (χ0n) is 10.1. The minimum atomic E-state index is -0.716. The molecule has 1 aromatic carbocycles. The summed E-state index contributed by atoms with van der Waals surface area (Å²) in [5, 5.41) is 0.261. The van der Waals surface area contributed by atoms with Crippen LogP contribution < -0.4 is 16.4 Å². The van der Waals surface area contributed by atoms with Gasteiger partial charge in [-0.3, -0.25) is 25.2 Å². The van der Waals surface area contributed by atoms with Crippen molar-refractivity contribution in [2.24, 2.45) is 0 Å². The molecule has 0 aliphatic heterocycles. The summed E-state index contributed by atoms with van der Waals surface area (Å²) in [6.45, 7) is 0. The Hall–Kier alpha value is -2.60. The highest BCUT2D eigenvalue weighted by atomic mass is 35.5. The van der Waals surface area contributed by atoms with Crippen LogP contribution in [0, 0.1) is 0 Å². The predicted octanol–water partition coefficient (Wildman–Crippen LogP) is 1.10. The lowest BCUT2D eigenvalue weighted by molar-refractivity contribution is 0.0846. The average Bonchev–Trinajstić information content (AvgIpc) is 2.45. The molecular formula is C13H10ClN3O3. The second-order valence-electron chi connectivity index (χ2n) is 3.80. The van der Waals surface area contributed by atoms with E-state index in [1.807, 2.05) is 0 Å². The molecule has 0 spiro atoms. The molecule has 102 valence electrons. The number of hydrogen-bond acceptors (Lipinski definition) is 3. The number of hydrazine groups is 1. The van der Waals surface area contributed by atoms with Crippen molar-refractivity contribution in [2.45, 2.75) is 0 Å². The molecule has 2 aromatic rings. The maximum Gasteiger partial charge on any atom is 0.275 e. The molecule has 3 N–H and O–H groups in total. The fraction of sp³-hybridized carbons (Fsp3) is 0. The normalized spacial score (nSPS) is 9.85. The Morgan fingerprint density at radius 1 is 0.950 bits per heavy atom. The van der Waals surface area contributed by atoms with Gasteiger partial charge < -0.3 is 4.98 Å². The molecule has 7 heteroatoms. The van der Waals surface area contributed by atoms with Gasteiger partial charge in [-0.1, -0.05) is 23.7 Å². The van der Waals surface area contributed by atoms with Crippen LogP contribution in [0.15, 0.2) is 47.4 Å². The summed E-state index contributed by atoms with van der Waals surface area (Å²) in [6, 6.07) is 9.24. The summed E-state index contributed by atoms with van der Waals surface area (Å²) in [5.41, 5.74) is 3.91. The summed E-state index contributed by atoms with van der Waals surface area (Å²) in [5.74, 6) is -1.29. The minimum Gasteiger partial charge on any atom is -0.328 e. The molecule has 6 nitrogen and oxygen atoms in total. The molecule has 0 bridgehead atoms. The second-order valence-corrected chi connectivity index (χ2v) is 4.21. The summed E-state index contributed by atoms with van der Waals surface area (Å²) >= 11 is 5.85. The number of rotatable bonds is 2. The van der Waals surface area contributed by atoms with Crippen LogP contribution in [0.5, 0.6) is 0 Å². The first-order valence-electron chi connectivity index (χ1n) is 5.62. The number of carbonyl (C=O) groups is 2. The third-order valence-corrected chi connectivity index (χ3v) is 2.80. The highest BCUT2D eigenvalue weighted by Crippen LogP contribution is 2.13. The number of amides is 2. The molecular weight excluding hydrogens is 282 g/mol. The van der Waals surface area contributed by atoms with E-state index >= 15 is 0 Å². The van der Waals surface area contributed by atoms with Gasteiger partial charge in [-0.05, 0) is 24.3 Å². The number of halogens is 1. The number of aromatic amines is 1. The predicted molar refractivity (Wildman–Crippen MR) is 73.4 cm³/mol. The number of nitrogens with one attached hydrogen (secondary N) is 3. The number of H-pyrrole nitrogens is 1. The SMILES string of the molecule is O=C(NNC(=O)c1ccc[nH]c1=O)c1ccccc1Cl. The number of hydrogen-bond donors (Lipinski definition) is 3. The maximum atomic E-state index is 11.8. The van der Waals surface area contributed by atoms with Crippen LogP contribution in [0.2, 0.25) is 5.02 Å². The van der Waals surface area contributed by atoms with Gasteiger partial charge in [-0.2, -0.15) is 0 Å². The third-order valence-electron chi connectivity index (χ3n) is 2.47. The smallest absolute Gasteiger partial charge is 0.275 e. The number of benzene rings is 1. The molecule has 0 saturated heterocycles. The first kappa shape index (κ1) is 13.8. The van der Waals surface area contributed by atoms with Gasteiger partial charge in [0.15, 0.2) is 0 Å². The van der Waals surface area contributed by atoms with Gasteiger partial charge in [0.05, 0.1) is 10.6 Å². The van der Waals surface area contributed by atoms with E-state index in [2.05, 4.69) is 15.8 Å². The largest absolute Gasteiger partial charge is 0.328 e. The lowest BCUT2D eigenvalue weighted by Crippen LogP contribution is -2.43. The van der Waals surface area contributed by atoms with E-state index in [1.165, 1.54) is 24.4 Å². The zero-order valence-corrected chi connectivity index (χ0v) is 10.9. The standard InChI is InChI=1S/C13H10ClN3O3/c14-10-6-2-1-4-8(10)12(19)16-17-13(20)9-5-3-7-15-11(9)18/h1-7H,(H,15,18)(H,16,19)(H,17,20). The highest BCUT2D eigenvalue weighted by Gasteiger charge is 2.13. The average molecular weight is 292 g/mol. The van der Waals surface area contributed by atoms with Crippen molar-refractivity contribution >= 4 is 23.4 Å². The van der Waals surface area contributed by atoms with E-state index in [1.54, 1.807) is 18.2 Å². The van der Waals surface area contributed by atoms with Gasteiger partial charge in [0.25, 0.3) is 17.4 Å². The lowest BCUT2D eigenvalue weighted by Gasteiger charge is -2.07. The molecule has 0 saturated carbocycles.